The first-order valence-electron chi connectivity index (χ1n) is 26.1. The minimum atomic E-state index is -0.778. The van der Waals surface area contributed by atoms with Crippen molar-refractivity contribution in [3.05, 3.63) is 85.1 Å². The summed E-state index contributed by atoms with van der Waals surface area (Å²) in [5.74, 6) is -0.916. The number of rotatable bonds is 46. The smallest absolute Gasteiger partial charge is 0.306 e. The van der Waals surface area contributed by atoms with Gasteiger partial charge in [0.15, 0.2) is 6.10 Å². The third kappa shape index (κ3) is 49.5. The zero-order valence-corrected chi connectivity index (χ0v) is 41.1. The highest BCUT2D eigenvalue weighted by Gasteiger charge is 2.19. The molecular weight excluding hydrogens is 781 g/mol. The summed E-state index contributed by atoms with van der Waals surface area (Å²) in [5, 5.41) is 0. The fourth-order valence-electron chi connectivity index (χ4n) is 7.01. The summed E-state index contributed by atoms with van der Waals surface area (Å²) in [5.41, 5.74) is 0. The van der Waals surface area contributed by atoms with Crippen LogP contribution in [-0.2, 0) is 28.6 Å². The van der Waals surface area contributed by atoms with Gasteiger partial charge in [0.2, 0.25) is 0 Å². The Morgan fingerprint density at radius 3 is 0.968 bits per heavy atom. The van der Waals surface area contributed by atoms with Crippen molar-refractivity contribution < 1.29 is 28.6 Å². The molecule has 0 heterocycles. The Morgan fingerprint density at radius 2 is 0.619 bits per heavy atom. The fraction of sp³-hybridized carbons (Fsp3) is 0.702. The van der Waals surface area contributed by atoms with Gasteiger partial charge in [0.05, 0.1) is 0 Å². The Bertz CT molecular complexity index is 1240. The van der Waals surface area contributed by atoms with Crippen LogP contribution in [0.2, 0.25) is 0 Å². The van der Waals surface area contributed by atoms with Crippen LogP contribution in [0.5, 0.6) is 0 Å². The standard InChI is InChI=1S/C57H96O6/c1-4-7-10-13-15-17-19-21-22-23-24-25-26-27-28-29-30-31-32-33-34-36-37-39-41-44-47-50-56(59)62-53-54(52-61-55(58)49-46-43-12-9-6-3)63-57(60)51-48-45-42-40-38-35-20-18-16-14-11-8-5-2/h7,10,15,17,21-22,24-25,27-28,30-31,33-34,54H,4-6,8-9,11-14,16,18-20,23,26,29,32,35-53H2,1-3H3/b10-7-,17-15-,22-21-,25-24-,28-27-,31-30-,34-33-. The van der Waals surface area contributed by atoms with Gasteiger partial charge in [0.25, 0.3) is 0 Å². The molecule has 1 atom stereocenters. The van der Waals surface area contributed by atoms with Crippen LogP contribution < -0.4 is 0 Å². The Balaban J connectivity index is 4.16. The molecule has 0 aromatic carbocycles. The number of hydrogen-bond acceptors (Lipinski definition) is 6. The molecule has 0 rings (SSSR count). The van der Waals surface area contributed by atoms with Crippen molar-refractivity contribution in [3.63, 3.8) is 0 Å². The average molecular weight is 877 g/mol. The molecule has 0 bridgehead atoms. The van der Waals surface area contributed by atoms with E-state index in [0.29, 0.717) is 19.3 Å². The molecular formula is C57H96O6. The molecule has 0 amide bonds. The van der Waals surface area contributed by atoms with Crippen LogP contribution in [0.15, 0.2) is 85.1 Å². The number of carbonyl (C=O) groups is 3. The first kappa shape index (κ1) is 59.6. The third-order valence-electron chi connectivity index (χ3n) is 10.9. The molecule has 0 aromatic rings. The summed E-state index contributed by atoms with van der Waals surface area (Å²) in [4.78, 5) is 37.6. The molecule has 360 valence electrons. The van der Waals surface area contributed by atoms with Gasteiger partial charge in [-0.3, -0.25) is 14.4 Å². The predicted octanol–water partition coefficient (Wildman–Crippen LogP) is 17.2. The Kier molecular flexibility index (Phi) is 48.5. The highest BCUT2D eigenvalue weighted by Crippen LogP contribution is 2.15. The van der Waals surface area contributed by atoms with Crippen LogP contribution in [-0.4, -0.2) is 37.2 Å². The summed E-state index contributed by atoms with van der Waals surface area (Å²) < 4.78 is 16.6. The second-order valence-corrected chi connectivity index (χ2v) is 17.1. The topological polar surface area (TPSA) is 78.9 Å². The van der Waals surface area contributed by atoms with Gasteiger partial charge in [-0.25, -0.2) is 0 Å². The van der Waals surface area contributed by atoms with E-state index in [-0.39, 0.29) is 31.1 Å². The van der Waals surface area contributed by atoms with E-state index in [2.05, 4.69) is 106 Å². The van der Waals surface area contributed by atoms with Crippen molar-refractivity contribution in [3.8, 4) is 0 Å². The first-order chi connectivity index (χ1) is 31.0. The van der Waals surface area contributed by atoms with Crippen molar-refractivity contribution in [1.82, 2.24) is 0 Å². The first-order valence-corrected chi connectivity index (χ1v) is 26.1. The van der Waals surface area contributed by atoms with E-state index >= 15 is 0 Å². The van der Waals surface area contributed by atoms with Gasteiger partial charge >= 0.3 is 17.9 Å². The number of hydrogen-bond donors (Lipinski definition) is 0. The maximum Gasteiger partial charge on any atom is 0.306 e. The van der Waals surface area contributed by atoms with Crippen molar-refractivity contribution in [2.24, 2.45) is 0 Å². The van der Waals surface area contributed by atoms with Gasteiger partial charge < -0.3 is 14.2 Å². The van der Waals surface area contributed by atoms with Gasteiger partial charge in [-0.1, -0.05) is 228 Å². The molecule has 0 radical (unpaired) electrons. The summed E-state index contributed by atoms with van der Waals surface area (Å²) in [7, 11) is 0. The van der Waals surface area contributed by atoms with Gasteiger partial charge in [-0.05, 0) is 77.0 Å². The lowest BCUT2D eigenvalue weighted by atomic mass is 10.0. The minimum absolute atomic E-state index is 0.0821. The number of ether oxygens (including phenoxy) is 3. The highest BCUT2D eigenvalue weighted by atomic mass is 16.6. The van der Waals surface area contributed by atoms with Crippen LogP contribution >= 0.6 is 0 Å². The number of allylic oxidation sites excluding steroid dienone is 14. The Labute approximate surface area is 388 Å². The molecule has 0 N–H and O–H groups in total. The zero-order valence-electron chi connectivity index (χ0n) is 41.1. The molecule has 63 heavy (non-hydrogen) atoms. The van der Waals surface area contributed by atoms with E-state index in [4.69, 9.17) is 14.2 Å². The van der Waals surface area contributed by atoms with Crippen LogP contribution in [0.25, 0.3) is 0 Å². The van der Waals surface area contributed by atoms with Gasteiger partial charge in [0.1, 0.15) is 13.2 Å². The molecule has 6 nitrogen and oxygen atoms in total. The number of esters is 3. The molecule has 0 saturated heterocycles. The molecule has 0 aliphatic rings. The lowest BCUT2D eigenvalue weighted by molar-refractivity contribution is -0.167. The predicted molar refractivity (Wildman–Crippen MR) is 270 cm³/mol. The van der Waals surface area contributed by atoms with Crippen LogP contribution in [0.3, 0.4) is 0 Å². The van der Waals surface area contributed by atoms with Crippen LogP contribution in [0.1, 0.15) is 239 Å². The third-order valence-corrected chi connectivity index (χ3v) is 10.9. The van der Waals surface area contributed by atoms with E-state index in [1.54, 1.807) is 0 Å². The molecule has 0 fully saturated rings. The van der Waals surface area contributed by atoms with Crippen molar-refractivity contribution in [1.29, 1.82) is 0 Å². The normalized spacial score (nSPS) is 12.7. The Morgan fingerprint density at radius 1 is 0.333 bits per heavy atom. The molecule has 0 saturated carbocycles. The van der Waals surface area contributed by atoms with Crippen molar-refractivity contribution >= 4 is 17.9 Å². The van der Waals surface area contributed by atoms with Gasteiger partial charge in [-0.15, -0.1) is 0 Å². The van der Waals surface area contributed by atoms with E-state index in [0.717, 1.165) is 128 Å². The number of unbranched alkanes of at least 4 members (excludes halogenated alkanes) is 21. The van der Waals surface area contributed by atoms with E-state index in [9.17, 15) is 14.4 Å². The molecule has 0 aromatic heterocycles. The Hall–Kier alpha value is -3.41. The molecule has 0 spiro atoms. The SMILES string of the molecule is CC/C=C\C/C=C\C/C=C\C/C=C\C/C=C\C/C=C\C/C=C\CCCCCCCC(=O)OCC(COC(=O)CCCCCCC)OC(=O)CCCCCCCCCCCCCCC. The lowest BCUT2D eigenvalue weighted by Gasteiger charge is -2.18. The van der Waals surface area contributed by atoms with Crippen molar-refractivity contribution in [2.75, 3.05) is 13.2 Å². The highest BCUT2D eigenvalue weighted by molar-refractivity contribution is 5.71. The molecule has 6 heteroatoms. The quantitative estimate of drug-likeness (QED) is 0.0262. The molecule has 0 aliphatic heterocycles. The van der Waals surface area contributed by atoms with Crippen LogP contribution in [0.4, 0.5) is 0 Å². The van der Waals surface area contributed by atoms with Crippen LogP contribution in [0, 0.1) is 0 Å². The largest absolute Gasteiger partial charge is 0.462 e. The summed E-state index contributed by atoms with van der Waals surface area (Å²) in [6.07, 6.45) is 66.1. The van der Waals surface area contributed by atoms with Gasteiger partial charge in [0, 0.05) is 19.3 Å². The summed E-state index contributed by atoms with van der Waals surface area (Å²) in [6.45, 7) is 6.42. The second-order valence-electron chi connectivity index (χ2n) is 17.1. The van der Waals surface area contributed by atoms with E-state index < -0.39 is 6.10 Å². The zero-order chi connectivity index (χ0) is 45.8. The average Bonchev–Trinajstić information content (AvgIpc) is 3.28. The van der Waals surface area contributed by atoms with E-state index in [1.807, 2.05) is 0 Å². The lowest BCUT2D eigenvalue weighted by Crippen LogP contribution is -2.30. The van der Waals surface area contributed by atoms with Gasteiger partial charge in [-0.2, -0.15) is 0 Å². The minimum Gasteiger partial charge on any atom is -0.462 e. The fourth-order valence-corrected chi connectivity index (χ4v) is 7.01. The maximum absolute atomic E-state index is 12.7. The molecule has 1 unspecified atom stereocenters. The van der Waals surface area contributed by atoms with E-state index in [1.165, 1.54) is 70.6 Å². The second kappa shape index (κ2) is 51.2. The number of carbonyl (C=O) groups excluding carboxylic acids is 3. The maximum atomic E-state index is 12.7. The molecule has 0 aliphatic carbocycles. The van der Waals surface area contributed by atoms with Crippen molar-refractivity contribution in [2.45, 2.75) is 245 Å². The summed E-state index contributed by atoms with van der Waals surface area (Å²) >= 11 is 0. The summed E-state index contributed by atoms with van der Waals surface area (Å²) in [6, 6.07) is 0. The monoisotopic (exact) mass is 877 g/mol.